The van der Waals surface area contributed by atoms with Gasteiger partial charge in [-0.25, -0.2) is 4.98 Å². The van der Waals surface area contributed by atoms with Gasteiger partial charge in [-0.3, -0.25) is 4.68 Å². The molecule has 1 saturated carbocycles. The third kappa shape index (κ3) is 2.21. The number of aromatic nitrogens is 4. The van der Waals surface area contributed by atoms with E-state index in [-0.39, 0.29) is 0 Å². The predicted molar refractivity (Wildman–Crippen MR) is 62.6 cm³/mol. The number of rotatable bonds is 5. The monoisotopic (exact) mass is 235 g/mol. The minimum Gasteiger partial charge on any atom is -0.358 e. The molecule has 1 aliphatic rings. The van der Waals surface area contributed by atoms with Crippen LogP contribution in [-0.4, -0.2) is 25.7 Å². The van der Waals surface area contributed by atoms with Crippen molar-refractivity contribution in [2.45, 2.75) is 25.3 Å². The first-order valence-corrected chi connectivity index (χ1v) is 6.24. The number of anilines is 1. The maximum atomic E-state index is 4.46. The first kappa shape index (κ1) is 9.77. The molecule has 5 nitrogen and oxygen atoms in total. The van der Waals surface area contributed by atoms with Gasteiger partial charge in [0.1, 0.15) is 5.82 Å². The smallest absolute Gasteiger partial charge is 0.202 e. The van der Waals surface area contributed by atoms with Crippen LogP contribution in [0, 0.1) is 0 Å². The van der Waals surface area contributed by atoms with Gasteiger partial charge in [0, 0.05) is 36.4 Å². The van der Waals surface area contributed by atoms with Crippen molar-refractivity contribution >= 4 is 16.7 Å². The van der Waals surface area contributed by atoms with E-state index in [1.807, 2.05) is 16.9 Å². The Morgan fingerprint density at radius 3 is 3.19 bits per heavy atom. The van der Waals surface area contributed by atoms with Crippen LogP contribution in [0.5, 0.6) is 0 Å². The minimum absolute atomic E-state index is 0.637. The Morgan fingerprint density at radius 1 is 1.50 bits per heavy atom. The lowest BCUT2D eigenvalue weighted by atomic mass is 10.4. The topological polar surface area (TPSA) is 55.6 Å². The van der Waals surface area contributed by atoms with Crippen LogP contribution >= 0.6 is 11.5 Å². The van der Waals surface area contributed by atoms with Gasteiger partial charge in [-0.1, -0.05) is 0 Å². The zero-order chi connectivity index (χ0) is 10.8. The fraction of sp³-hybridized carbons (Fsp3) is 0.500. The number of hydrogen-bond acceptors (Lipinski definition) is 5. The van der Waals surface area contributed by atoms with E-state index in [1.165, 1.54) is 24.4 Å². The summed E-state index contributed by atoms with van der Waals surface area (Å²) in [7, 11) is 0. The average molecular weight is 235 g/mol. The van der Waals surface area contributed by atoms with E-state index in [0.717, 1.165) is 24.0 Å². The Balaban J connectivity index is 1.50. The van der Waals surface area contributed by atoms with Crippen LogP contribution < -0.4 is 5.32 Å². The summed E-state index contributed by atoms with van der Waals surface area (Å²) in [4.78, 5) is 4.46. The third-order valence-corrected chi connectivity index (χ3v) is 3.25. The van der Waals surface area contributed by atoms with Gasteiger partial charge in [-0.05, 0) is 18.9 Å². The molecule has 1 fully saturated rings. The lowest BCUT2D eigenvalue weighted by molar-refractivity contribution is 0.637. The zero-order valence-corrected chi connectivity index (χ0v) is 9.65. The van der Waals surface area contributed by atoms with Gasteiger partial charge >= 0.3 is 0 Å². The van der Waals surface area contributed by atoms with E-state index in [4.69, 9.17) is 0 Å². The highest BCUT2D eigenvalue weighted by Gasteiger charge is 2.27. The molecule has 0 atom stereocenters. The van der Waals surface area contributed by atoms with Crippen molar-refractivity contribution in [2.24, 2.45) is 0 Å². The fourth-order valence-electron chi connectivity index (χ4n) is 1.52. The normalized spacial score (nSPS) is 15.2. The lowest BCUT2D eigenvalue weighted by Gasteiger charge is -2.01. The van der Waals surface area contributed by atoms with Crippen molar-refractivity contribution in [3.8, 4) is 0 Å². The summed E-state index contributed by atoms with van der Waals surface area (Å²) in [6, 6.07) is 1.93. The highest BCUT2D eigenvalue weighted by Crippen LogP contribution is 2.39. The summed E-state index contributed by atoms with van der Waals surface area (Å²) in [6.07, 6.45) is 6.25. The minimum atomic E-state index is 0.637. The van der Waals surface area contributed by atoms with Gasteiger partial charge in [0.05, 0.1) is 6.54 Å². The molecule has 16 heavy (non-hydrogen) atoms. The Bertz CT molecular complexity index is 445. The van der Waals surface area contributed by atoms with Crippen molar-refractivity contribution in [2.75, 3.05) is 11.9 Å². The van der Waals surface area contributed by atoms with Gasteiger partial charge in [0.2, 0.25) is 5.13 Å². The molecule has 2 aromatic rings. The summed E-state index contributed by atoms with van der Waals surface area (Å²) in [6.45, 7) is 1.69. The van der Waals surface area contributed by atoms with Crippen LogP contribution in [0.25, 0.3) is 0 Å². The average Bonchev–Trinajstić information content (AvgIpc) is 2.83. The fourth-order valence-corrected chi connectivity index (χ4v) is 2.19. The van der Waals surface area contributed by atoms with Gasteiger partial charge in [0.15, 0.2) is 0 Å². The molecule has 0 saturated heterocycles. The lowest BCUT2D eigenvalue weighted by Crippen LogP contribution is -2.10. The molecule has 0 bridgehead atoms. The SMILES string of the molecule is c1cnn(CCNc2nc(C3CC3)ns2)c1. The molecule has 3 rings (SSSR count). The highest BCUT2D eigenvalue weighted by molar-refractivity contribution is 7.09. The van der Waals surface area contributed by atoms with E-state index in [0.29, 0.717) is 5.92 Å². The Hall–Kier alpha value is -1.43. The standard InChI is InChI=1S/C10H13N5S/c1-4-12-15(6-1)7-5-11-10-13-9(14-16-10)8-2-3-8/h1,4,6,8H,2-3,5,7H2,(H,11,13,14). The van der Waals surface area contributed by atoms with Crippen LogP contribution in [-0.2, 0) is 6.54 Å². The second-order valence-electron chi connectivity index (χ2n) is 3.93. The van der Waals surface area contributed by atoms with E-state index in [1.54, 1.807) is 6.20 Å². The van der Waals surface area contributed by atoms with Crippen LogP contribution in [0.3, 0.4) is 0 Å². The van der Waals surface area contributed by atoms with Crippen molar-refractivity contribution in [1.29, 1.82) is 0 Å². The molecule has 0 unspecified atom stereocenters. The van der Waals surface area contributed by atoms with Gasteiger partial charge < -0.3 is 5.32 Å². The molecule has 0 aromatic carbocycles. The maximum absolute atomic E-state index is 4.46. The van der Waals surface area contributed by atoms with Gasteiger partial charge in [-0.15, -0.1) is 0 Å². The molecule has 1 N–H and O–H groups in total. The molecular weight excluding hydrogens is 222 g/mol. The third-order valence-electron chi connectivity index (χ3n) is 2.56. The van der Waals surface area contributed by atoms with Crippen LogP contribution in [0.1, 0.15) is 24.6 Å². The molecule has 2 heterocycles. The Labute approximate surface area is 97.7 Å². The second-order valence-corrected chi connectivity index (χ2v) is 4.68. The van der Waals surface area contributed by atoms with E-state index < -0.39 is 0 Å². The largest absolute Gasteiger partial charge is 0.358 e. The van der Waals surface area contributed by atoms with Crippen LogP contribution in [0.2, 0.25) is 0 Å². The first-order valence-electron chi connectivity index (χ1n) is 5.47. The maximum Gasteiger partial charge on any atom is 0.202 e. The van der Waals surface area contributed by atoms with Crippen molar-refractivity contribution in [3.05, 3.63) is 24.3 Å². The quantitative estimate of drug-likeness (QED) is 0.857. The van der Waals surface area contributed by atoms with E-state index in [9.17, 15) is 0 Å². The number of nitrogens with zero attached hydrogens (tertiary/aromatic N) is 4. The summed E-state index contributed by atoms with van der Waals surface area (Å²) < 4.78 is 6.24. The molecule has 0 spiro atoms. The zero-order valence-electron chi connectivity index (χ0n) is 8.83. The highest BCUT2D eigenvalue weighted by atomic mass is 32.1. The number of hydrogen-bond donors (Lipinski definition) is 1. The van der Waals surface area contributed by atoms with Crippen molar-refractivity contribution in [1.82, 2.24) is 19.1 Å². The van der Waals surface area contributed by atoms with E-state index >= 15 is 0 Å². The van der Waals surface area contributed by atoms with Gasteiger partial charge in [0.25, 0.3) is 0 Å². The van der Waals surface area contributed by atoms with E-state index in [2.05, 4.69) is 19.8 Å². The molecule has 0 amide bonds. The molecule has 6 heteroatoms. The van der Waals surface area contributed by atoms with Gasteiger partial charge in [-0.2, -0.15) is 9.47 Å². The molecule has 0 radical (unpaired) electrons. The summed E-state index contributed by atoms with van der Waals surface area (Å²) in [5.74, 6) is 1.66. The summed E-state index contributed by atoms with van der Waals surface area (Å²) in [5, 5.41) is 8.33. The second kappa shape index (κ2) is 4.21. The Morgan fingerprint density at radius 2 is 2.44 bits per heavy atom. The molecule has 84 valence electrons. The molecule has 1 aliphatic carbocycles. The summed E-state index contributed by atoms with van der Waals surface area (Å²) in [5.41, 5.74) is 0. The summed E-state index contributed by atoms with van der Waals surface area (Å²) >= 11 is 1.45. The van der Waals surface area contributed by atoms with Crippen molar-refractivity contribution < 1.29 is 0 Å². The first-order chi connectivity index (χ1) is 7.92. The van der Waals surface area contributed by atoms with Crippen molar-refractivity contribution in [3.63, 3.8) is 0 Å². The molecule has 0 aliphatic heterocycles. The Kier molecular flexibility index (Phi) is 2.57. The van der Waals surface area contributed by atoms with Crippen LogP contribution in [0.4, 0.5) is 5.13 Å². The molecular formula is C10H13N5S. The van der Waals surface area contributed by atoms with Crippen LogP contribution in [0.15, 0.2) is 18.5 Å². The molecule has 2 aromatic heterocycles. The predicted octanol–water partition coefficient (Wildman–Crippen LogP) is 1.72. The number of nitrogens with one attached hydrogen (secondary N) is 1.